The highest BCUT2D eigenvalue weighted by Gasteiger charge is 2.36. The fourth-order valence-electron chi connectivity index (χ4n) is 3.37. The maximum Gasteiger partial charge on any atom is 0.243 e. The Morgan fingerprint density at radius 3 is 2.71 bits per heavy atom. The number of piperidine rings is 1. The van der Waals surface area contributed by atoms with Crippen LogP contribution < -0.4 is 10.6 Å². The minimum atomic E-state index is -0.328. The molecule has 2 N–H and O–H groups in total. The van der Waals surface area contributed by atoms with Gasteiger partial charge in [-0.05, 0) is 38.3 Å². The number of benzene rings is 1. The van der Waals surface area contributed by atoms with E-state index in [4.69, 9.17) is 0 Å². The van der Waals surface area contributed by atoms with Crippen molar-refractivity contribution in [2.75, 3.05) is 13.1 Å². The van der Waals surface area contributed by atoms with Crippen molar-refractivity contribution in [3.8, 4) is 0 Å². The van der Waals surface area contributed by atoms with Crippen LogP contribution in [-0.4, -0.2) is 41.9 Å². The second-order valence-corrected chi connectivity index (χ2v) is 6.61. The minimum Gasteiger partial charge on any atom is -0.350 e. The van der Waals surface area contributed by atoms with Gasteiger partial charge in [-0.2, -0.15) is 0 Å². The number of carbonyl (C=O) groups is 2. The monoisotopic (exact) mass is 351 g/mol. The largest absolute Gasteiger partial charge is 0.350 e. The van der Waals surface area contributed by atoms with Gasteiger partial charge in [0.1, 0.15) is 6.04 Å². The summed E-state index contributed by atoms with van der Waals surface area (Å²) >= 11 is 0. The summed E-state index contributed by atoms with van der Waals surface area (Å²) in [5.41, 5.74) is 2.27. The summed E-state index contributed by atoms with van der Waals surface area (Å²) in [6.07, 6.45) is 3.18. The molecule has 24 heavy (non-hydrogen) atoms. The summed E-state index contributed by atoms with van der Waals surface area (Å²) in [6, 6.07) is 8.00. The zero-order valence-electron chi connectivity index (χ0n) is 14.1. The number of amides is 2. The van der Waals surface area contributed by atoms with Crippen molar-refractivity contribution >= 4 is 24.2 Å². The molecule has 2 amide bonds. The van der Waals surface area contributed by atoms with Gasteiger partial charge in [0.2, 0.25) is 11.8 Å². The van der Waals surface area contributed by atoms with Crippen LogP contribution in [0.4, 0.5) is 0 Å². The van der Waals surface area contributed by atoms with Gasteiger partial charge >= 0.3 is 0 Å². The number of aryl methyl sites for hydroxylation is 1. The SMILES string of the molecule is Cc1ccc(CN2C(=O)CCC2C(=O)NC2CCCNC2)cc1.Cl. The summed E-state index contributed by atoms with van der Waals surface area (Å²) < 4.78 is 0. The zero-order chi connectivity index (χ0) is 16.2. The molecule has 1 aromatic rings. The van der Waals surface area contributed by atoms with Gasteiger partial charge in [0.05, 0.1) is 0 Å². The average molecular weight is 352 g/mol. The summed E-state index contributed by atoms with van der Waals surface area (Å²) in [4.78, 5) is 26.5. The Balaban J connectivity index is 0.00000208. The molecule has 5 nitrogen and oxygen atoms in total. The summed E-state index contributed by atoms with van der Waals surface area (Å²) in [5, 5.41) is 6.41. The van der Waals surface area contributed by atoms with Crippen molar-refractivity contribution in [1.82, 2.24) is 15.5 Å². The third-order valence-electron chi connectivity index (χ3n) is 4.75. The Morgan fingerprint density at radius 1 is 1.29 bits per heavy atom. The molecule has 2 heterocycles. The first-order valence-corrected chi connectivity index (χ1v) is 8.49. The number of nitrogens with one attached hydrogen (secondary N) is 2. The lowest BCUT2D eigenvalue weighted by atomic mass is 10.1. The van der Waals surface area contributed by atoms with E-state index >= 15 is 0 Å². The number of hydrogen-bond donors (Lipinski definition) is 2. The van der Waals surface area contributed by atoms with Crippen LogP contribution in [0, 0.1) is 6.92 Å². The summed E-state index contributed by atoms with van der Waals surface area (Å²) in [5.74, 6) is 0.0733. The molecule has 0 aromatic heterocycles. The van der Waals surface area contributed by atoms with E-state index < -0.39 is 0 Å². The molecule has 2 fully saturated rings. The van der Waals surface area contributed by atoms with Crippen LogP contribution in [0.2, 0.25) is 0 Å². The fourth-order valence-corrected chi connectivity index (χ4v) is 3.37. The smallest absolute Gasteiger partial charge is 0.243 e. The van der Waals surface area contributed by atoms with Crippen LogP contribution in [-0.2, 0) is 16.1 Å². The van der Waals surface area contributed by atoms with Crippen molar-refractivity contribution in [3.05, 3.63) is 35.4 Å². The average Bonchev–Trinajstić information content (AvgIpc) is 2.92. The third-order valence-corrected chi connectivity index (χ3v) is 4.75. The normalized spacial score (nSPS) is 23.7. The molecule has 2 atom stereocenters. The molecule has 0 aliphatic carbocycles. The maximum absolute atomic E-state index is 12.6. The van der Waals surface area contributed by atoms with Gasteiger partial charge in [-0.3, -0.25) is 9.59 Å². The molecule has 2 saturated heterocycles. The van der Waals surface area contributed by atoms with Gasteiger partial charge in [-0.15, -0.1) is 12.4 Å². The lowest BCUT2D eigenvalue weighted by molar-refractivity contribution is -0.136. The molecule has 0 bridgehead atoms. The number of rotatable bonds is 4. The molecule has 0 saturated carbocycles. The Bertz CT molecular complexity index is 570. The second-order valence-electron chi connectivity index (χ2n) is 6.61. The maximum atomic E-state index is 12.6. The number of carbonyl (C=O) groups excluding carboxylic acids is 2. The molecule has 132 valence electrons. The van der Waals surface area contributed by atoms with E-state index in [1.807, 2.05) is 31.2 Å². The first-order chi connectivity index (χ1) is 11.1. The fraction of sp³-hybridized carbons (Fsp3) is 0.556. The molecule has 3 rings (SSSR count). The summed E-state index contributed by atoms with van der Waals surface area (Å²) in [7, 11) is 0. The summed E-state index contributed by atoms with van der Waals surface area (Å²) in [6.45, 7) is 4.40. The van der Waals surface area contributed by atoms with Crippen LogP contribution in [0.25, 0.3) is 0 Å². The molecule has 2 aliphatic heterocycles. The quantitative estimate of drug-likeness (QED) is 0.869. The van der Waals surface area contributed by atoms with E-state index in [1.54, 1.807) is 4.90 Å². The molecule has 2 aliphatic rings. The molecular formula is C18H26ClN3O2. The first-order valence-electron chi connectivity index (χ1n) is 8.49. The lowest BCUT2D eigenvalue weighted by Gasteiger charge is -2.28. The van der Waals surface area contributed by atoms with Gasteiger partial charge in [0.25, 0.3) is 0 Å². The molecule has 1 aromatic carbocycles. The van der Waals surface area contributed by atoms with E-state index in [-0.39, 0.29) is 36.3 Å². The van der Waals surface area contributed by atoms with Crippen molar-refractivity contribution < 1.29 is 9.59 Å². The highest BCUT2D eigenvalue weighted by molar-refractivity contribution is 5.91. The van der Waals surface area contributed by atoms with Crippen LogP contribution in [0.3, 0.4) is 0 Å². The molecule has 0 radical (unpaired) electrons. The predicted molar refractivity (Wildman–Crippen MR) is 96.0 cm³/mol. The topological polar surface area (TPSA) is 61.4 Å². The zero-order valence-corrected chi connectivity index (χ0v) is 14.9. The molecule has 6 heteroatoms. The van der Waals surface area contributed by atoms with Crippen molar-refractivity contribution in [2.45, 2.75) is 51.2 Å². The van der Waals surface area contributed by atoms with Crippen LogP contribution >= 0.6 is 12.4 Å². The van der Waals surface area contributed by atoms with Crippen molar-refractivity contribution in [1.29, 1.82) is 0 Å². The highest BCUT2D eigenvalue weighted by Crippen LogP contribution is 2.22. The van der Waals surface area contributed by atoms with Gasteiger partial charge in [-0.25, -0.2) is 0 Å². The van der Waals surface area contributed by atoms with E-state index in [1.165, 1.54) is 5.56 Å². The second kappa shape index (κ2) is 8.49. The highest BCUT2D eigenvalue weighted by atomic mass is 35.5. The van der Waals surface area contributed by atoms with Crippen LogP contribution in [0.15, 0.2) is 24.3 Å². The molecule has 0 spiro atoms. The number of nitrogens with zero attached hydrogens (tertiary/aromatic N) is 1. The Labute approximate surface area is 149 Å². The van der Waals surface area contributed by atoms with E-state index in [2.05, 4.69) is 10.6 Å². The first kappa shape index (κ1) is 18.7. The Morgan fingerprint density at radius 2 is 2.04 bits per heavy atom. The lowest BCUT2D eigenvalue weighted by Crippen LogP contribution is -2.51. The predicted octanol–water partition coefficient (Wildman–Crippen LogP) is 1.78. The minimum absolute atomic E-state index is 0. The number of likely N-dealkylation sites (tertiary alicyclic amines) is 1. The van der Waals surface area contributed by atoms with Gasteiger partial charge < -0.3 is 15.5 Å². The van der Waals surface area contributed by atoms with Crippen molar-refractivity contribution in [3.63, 3.8) is 0 Å². The van der Waals surface area contributed by atoms with Gasteiger partial charge in [0, 0.05) is 25.6 Å². The standard InChI is InChI=1S/C18H25N3O2.ClH/c1-13-4-6-14(7-5-13)12-21-16(8-9-17(21)22)18(23)20-15-3-2-10-19-11-15;/h4-7,15-16,19H,2-3,8-12H2,1H3,(H,20,23);1H. The van der Waals surface area contributed by atoms with E-state index in [0.29, 0.717) is 19.4 Å². The molecular weight excluding hydrogens is 326 g/mol. The third kappa shape index (κ3) is 4.48. The van der Waals surface area contributed by atoms with Crippen molar-refractivity contribution in [2.24, 2.45) is 0 Å². The number of halogens is 1. The van der Waals surface area contributed by atoms with Crippen LogP contribution in [0.1, 0.15) is 36.8 Å². The van der Waals surface area contributed by atoms with E-state index in [9.17, 15) is 9.59 Å². The molecule has 2 unspecified atom stereocenters. The number of hydrogen-bond acceptors (Lipinski definition) is 3. The van der Waals surface area contributed by atoms with Crippen LogP contribution in [0.5, 0.6) is 0 Å². The van der Waals surface area contributed by atoms with E-state index in [0.717, 1.165) is 31.5 Å². The Hall–Kier alpha value is -1.59. The van der Waals surface area contributed by atoms with Gasteiger partial charge in [0.15, 0.2) is 0 Å². The Kier molecular flexibility index (Phi) is 6.63. The van der Waals surface area contributed by atoms with Gasteiger partial charge in [-0.1, -0.05) is 29.8 Å².